The molecule has 0 aromatic carbocycles. The van der Waals surface area contributed by atoms with Crippen LogP contribution in [0.2, 0.25) is 0 Å². The number of aryl methyl sites for hydroxylation is 1. The van der Waals surface area contributed by atoms with E-state index in [4.69, 9.17) is 9.73 Å². The molecule has 144 valence electrons. The Morgan fingerprint density at radius 1 is 1.31 bits per heavy atom. The second-order valence-electron chi connectivity index (χ2n) is 5.95. The smallest absolute Gasteiger partial charge is 0.218 e. The highest BCUT2D eigenvalue weighted by Crippen LogP contribution is 2.16. The van der Waals surface area contributed by atoms with Crippen LogP contribution in [0.1, 0.15) is 31.5 Å². The van der Waals surface area contributed by atoms with Crippen molar-refractivity contribution < 1.29 is 4.74 Å². The Morgan fingerprint density at radius 3 is 2.77 bits per heavy atom. The average molecular weight is 471 g/mol. The monoisotopic (exact) mass is 471 g/mol. The summed E-state index contributed by atoms with van der Waals surface area (Å²) in [6.07, 6.45) is 4.77. The number of aliphatic imine (C=N–C) groups is 1. The van der Waals surface area contributed by atoms with Gasteiger partial charge in [0.25, 0.3) is 0 Å². The van der Waals surface area contributed by atoms with Crippen LogP contribution in [0.25, 0.3) is 0 Å². The number of nitrogens with zero attached hydrogens (tertiary/aromatic N) is 4. The molecule has 0 radical (unpaired) electrons. The van der Waals surface area contributed by atoms with Crippen molar-refractivity contribution >= 4 is 29.9 Å². The minimum absolute atomic E-state index is 0. The lowest BCUT2D eigenvalue weighted by atomic mass is 10.3. The zero-order chi connectivity index (χ0) is 18.1. The molecule has 0 fully saturated rings. The quantitative estimate of drug-likeness (QED) is 0.364. The summed E-state index contributed by atoms with van der Waals surface area (Å²) in [4.78, 5) is 11.2. The van der Waals surface area contributed by atoms with Gasteiger partial charge in [-0.2, -0.15) is 0 Å². The summed E-state index contributed by atoms with van der Waals surface area (Å²) in [5, 5.41) is 3.35. The van der Waals surface area contributed by atoms with E-state index in [2.05, 4.69) is 59.0 Å². The minimum atomic E-state index is 0. The number of hydrogen-bond donors (Lipinski definition) is 1. The summed E-state index contributed by atoms with van der Waals surface area (Å²) in [6.45, 7) is 6.98. The van der Waals surface area contributed by atoms with Crippen molar-refractivity contribution in [2.75, 3.05) is 20.2 Å². The van der Waals surface area contributed by atoms with Crippen LogP contribution < -0.4 is 10.1 Å². The molecule has 0 atom stereocenters. The van der Waals surface area contributed by atoms with Crippen LogP contribution in [0, 0.1) is 0 Å². The number of nitrogens with one attached hydrogen (secondary N) is 1. The molecule has 0 bridgehead atoms. The molecule has 0 aliphatic rings. The molecule has 1 N–H and O–H groups in total. The van der Waals surface area contributed by atoms with Crippen molar-refractivity contribution in [2.45, 2.75) is 33.4 Å². The fourth-order valence-electron chi connectivity index (χ4n) is 2.48. The number of aromatic nitrogens is 2. The number of ether oxygens (including phenoxy) is 1. The molecule has 0 amide bonds. The highest BCUT2D eigenvalue weighted by atomic mass is 127. The lowest BCUT2D eigenvalue weighted by molar-refractivity contribution is 0.302. The van der Waals surface area contributed by atoms with Crippen LogP contribution in [-0.2, 0) is 20.1 Å². The minimum Gasteiger partial charge on any atom is -0.477 e. The van der Waals surface area contributed by atoms with E-state index in [1.807, 2.05) is 19.2 Å². The largest absolute Gasteiger partial charge is 0.477 e. The van der Waals surface area contributed by atoms with Crippen LogP contribution >= 0.6 is 24.0 Å². The summed E-state index contributed by atoms with van der Waals surface area (Å²) in [5.41, 5.74) is 2.24. The molecule has 2 rings (SSSR count). The third kappa shape index (κ3) is 6.51. The molecular formula is C19H30IN5O. The molecule has 2 heterocycles. The van der Waals surface area contributed by atoms with E-state index in [9.17, 15) is 0 Å². The maximum absolute atomic E-state index is 5.72. The van der Waals surface area contributed by atoms with E-state index in [-0.39, 0.29) is 24.0 Å². The van der Waals surface area contributed by atoms with Crippen molar-refractivity contribution in [1.29, 1.82) is 0 Å². The first-order valence-electron chi connectivity index (χ1n) is 8.82. The standard InChI is InChI=1S/C19H29N5O.HI/c1-5-13-25-18-16(9-7-11-21-18)14-22-19(20-6-2)24(4)15-17-10-8-12-23(17)3;/h7-12H,5-6,13-15H2,1-4H3,(H,20,22);1H. The van der Waals surface area contributed by atoms with Gasteiger partial charge in [0.15, 0.2) is 5.96 Å². The zero-order valence-electron chi connectivity index (χ0n) is 16.1. The Hall–Kier alpha value is -1.77. The first-order chi connectivity index (χ1) is 12.2. The number of pyridine rings is 1. The number of rotatable bonds is 8. The molecule has 2 aromatic rings. The third-order valence-corrected chi connectivity index (χ3v) is 3.84. The molecule has 0 spiro atoms. The lowest BCUT2D eigenvalue weighted by Gasteiger charge is -2.22. The van der Waals surface area contributed by atoms with E-state index < -0.39 is 0 Å². The van der Waals surface area contributed by atoms with Crippen LogP contribution in [0.3, 0.4) is 0 Å². The van der Waals surface area contributed by atoms with Gasteiger partial charge in [-0.3, -0.25) is 0 Å². The first kappa shape index (κ1) is 22.3. The van der Waals surface area contributed by atoms with Gasteiger partial charge < -0.3 is 19.5 Å². The summed E-state index contributed by atoms with van der Waals surface area (Å²) in [6, 6.07) is 8.12. The molecule has 0 aliphatic carbocycles. The van der Waals surface area contributed by atoms with Crippen molar-refractivity contribution in [3.05, 3.63) is 47.9 Å². The van der Waals surface area contributed by atoms with Gasteiger partial charge in [-0.05, 0) is 31.5 Å². The van der Waals surface area contributed by atoms with Crippen molar-refractivity contribution in [3.8, 4) is 5.88 Å². The molecule has 2 aromatic heterocycles. The second kappa shape index (κ2) is 11.8. The first-order valence-corrected chi connectivity index (χ1v) is 8.82. The predicted octanol–water partition coefficient (Wildman–Crippen LogP) is 3.42. The van der Waals surface area contributed by atoms with E-state index in [1.54, 1.807) is 6.20 Å². The highest BCUT2D eigenvalue weighted by Gasteiger charge is 2.10. The topological polar surface area (TPSA) is 54.7 Å². The van der Waals surface area contributed by atoms with Crippen molar-refractivity contribution in [3.63, 3.8) is 0 Å². The molecule has 0 saturated heterocycles. The van der Waals surface area contributed by atoms with Crippen molar-refractivity contribution in [1.82, 2.24) is 19.8 Å². The highest BCUT2D eigenvalue weighted by molar-refractivity contribution is 14.0. The van der Waals surface area contributed by atoms with Gasteiger partial charge in [0.1, 0.15) is 0 Å². The second-order valence-corrected chi connectivity index (χ2v) is 5.95. The molecule has 0 saturated carbocycles. The Labute approximate surface area is 173 Å². The van der Waals surface area contributed by atoms with Crippen LogP contribution in [0.15, 0.2) is 41.7 Å². The van der Waals surface area contributed by atoms with Gasteiger partial charge in [-0.25, -0.2) is 9.98 Å². The third-order valence-electron chi connectivity index (χ3n) is 3.84. The normalized spacial score (nSPS) is 11.0. The number of guanidine groups is 1. The Kier molecular flexibility index (Phi) is 10.1. The van der Waals surface area contributed by atoms with Gasteiger partial charge >= 0.3 is 0 Å². The van der Waals surface area contributed by atoms with Crippen LogP contribution in [0.5, 0.6) is 5.88 Å². The summed E-state index contributed by atoms with van der Waals surface area (Å²) >= 11 is 0. The van der Waals surface area contributed by atoms with E-state index >= 15 is 0 Å². The lowest BCUT2D eigenvalue weighted by Crippen LogP contribution is -2.38. The van der Waals surface area contributed by atoms with Crippen LogP contribution in [0.4, 0.5) is 0 Å². The van der Waals surface area contributed by atoms with E-state index in [0.717, 1.165) is 31.0 Å². The average Bonchev–Trinajstić information content (AvgIpc) is 3.02. The van der Waals surface area contributed by atoms with Gasteiger partial charge in [-0.1, -0.05) is 13.0 Å². The Bertz CT molecular complexity index is 686. The molecular weight excluding hydrogens is 441 g/mol. The molecule has 26 heavy (non-hydrogen) atoms. The van der Waals surface area contributed by atoms with Crippen LogP contribution in [-0.4, -0.2) is 40.6 Å². The van der Waals surface area contributed by atoms with E-state index in [1.165, 1.54) is 5.69 Å². The predicted molar refractivity (Wildman–Crippen MR) is 117 cm³/mol. The van der Waals surface area contributed by atoms with Gasteiger partial charge in [0.2, 0.25) is 5.88 Å². The maximum atomic E-state index is 5.72. The Morgan fingerprint density at radius 2 is 2.12 bits per heavy atom. The summed E-state index contributed by atoms with van der Waals surface area (Å²) in [5.74, 6) is 1.54. The summed E-state index contributed by atoms with van der Waals surface area (Å²) in [7, 11) is 4.10. The number of hydrogen-bond acceptors (Lipinski definition) is 3. The fourth-order valence-corrected chi connectivity index (χ4v) is 2.48. The van der Waals surface area contributed by atoms with Gasteiger partial charge in [-0.15, -0.1) is 24.0 Å². The summed E-state index contributed by atoms with van der Waals surface area (Å²) < 4.78 is 7.85. The van der Waals surface area contributed by atoms with E-state index in [0.29, 0.717) is 19.0 Å². The SMILES string of the molecule is CCCOc1ncccc1CN=C(NCC)N(C)Cc1cccn1C.I. The van der Waals surface area contributed by atoms with Gasteiger partial charge in [0.05, 0.1) is 19.7 Å². The van der Waals surface area contributed by atoms with Crippen molar-refractivity contribution in [2.24, 2.45) is 12.0 Å². The fraction of sp³-hybridized carbons (Fsp3) is 0.474. The molecule has 7 heteroatoms. The van der Waals surface area contributed by atoms with Gasteiger partial charge in [0, 0.05) is 44.3 Å². The Balaban J connectivity index is 0.00000338. The molecule has 6 nitrogen and oxygen atoms in total. The maximum Gasteiger partial charge on any atom is 0.218 e. The molecule has 0 unspecified atom stereocenters. The molecule has 0 aliphatic heterocycles. The zero-order valence-corrected chi connectivity index (χ0v) is 18.4. The number of halogens is 1.